The first-order valence-electron chi connectivity index (χ1n) is 7.45. The monoisotopic (exact) mass is 291 g/mol. The third-order valence-electron chi connectivity index (χ3n) is 3.62. The summed E-state index contributed by atoms with van der Waals surface area (Å²) in [5.41, 5.74) is 1.09. The normalized spacial score (nSPS) is 20.1. The highest BCUT2D eigenvalue weighted by Crippen LogP contribution is 2.26. The summed E-state index contributed by atoms with van der Waals surface area (Å²) in [5.74, 6) is 1.02. The highest BCUT2D eigenvalue weighted by atomic mass is 16.5. The number of hydrogen-bond acceptors (Lipinski definition) is 4. The molecule has 21 heavy (non-hydrogen) atoms. The van der Waals surface area contributed by atoms with Gasteiger partial charge in [0.05, 0.1) is 13.2 Å². The number of amides is 1. The van der Waals surface area contributed by atoms with Crippen LogP contribution in [0.15, 0.2) is 24.3 Å². The lowest BCUT2D eigenvalue weighted by Gasteiger charge is -2.32. The number of carbonyl (C=O) groups excluding carboxylic acids is 1. The van der Waals surface area contributed by atoms with Crippen molar-refractivity contribution in [1.29, 1.82) is 0 Å². The van der Waals surface area contributed by atoms with Gasteiger partial charge < -0.3 is 14.5 Å². The largest absolute Gasteiger partial charge is 0.494 e. The summed E-state index contributed by atoms with van der Waals surface area (Å²) in [6.45, 7) is 5.96. The molecule has 0 aromatic heterocycles. The summed E-state index contributed by atoms with van der Waals surface area (Å²) < 4.78 is 5.46. The summed E-state index contributed by atoms with van der Waals surface area (Å²) in [5, 5.41) is 3.30. The maximum absolute atomic E-state index is 12.2. The van der Waals surface area contributed by atoms with E-state index in [1.807, 2.05) is 50.2 Å². The Kier molecular flexibility index (Phi) is 5.20. The molecule has 2 unspecified atom stereocenters. The average molecular weight is 291 g/mol. The summed E-state index contributed by atoms with van der Waals surface area (Å²) in [7, 11) is 4.05. The SMILES string of the molecule is CCOc1ccc(C2NCC(=O)N2C(C)CN(C)C)cc1. The van der Waals surface area contributed by atoms with Crippen LogP contribution in [0.1, 0.15) is 25.6 Å². The zero-order valence-corrected chi connectivity index (χ0v) is 13.3. The maximum Gasteiger partial charge on any atom is 0.238 e. The fourth-order valence-corrected chi connectivity index (χ4v) is 2.83. The molecule has 1 N–H and O–H groups in total. The highest BCUT2D eigenvalue weighted by molar-refractivity contribution is 5.81. The van der Waals surface area contributed by atoms with Gasteiger partial charge in [0.1, 0.15) is 11.9 Å². The van der Waals surface area contributed by atoms with Crippen LogP contribution in [-0.4, -0.2) is 55.5 Å². The number of carbonyl (C=O) groups is 1. The van der Waals surface area contributed by atoms with Crippen molar-refractivity contribution < 1.29 is 9.53 Å². The molecule has 0 saturated carbocycles. The minimum absolute atomic E-state index is 0.0527. The molecule has 1 saturated heterocycles. The first kappa shape index (κ1) is 15.8. The molecular formula is C16H25N3O2. The summed E-state index contributed by atoms with van der Waals surface area (Å²) in [6, 6.07) is 8.13. The topological polar surface area (TPSA) is 44.8 Å². The van der Waals surface area contributed by atoms with Crippen molar-refractivity contribution in [3.63, 3.8) is 0 Å². The van der Waals surface area contributed by atoms with Gasteiger partial charge in [0.25, 0.3) is 0 Å². The van der Waals surface area contributed by atoms with Crippen LogP contribution in [0.3, 0.4) is 0 Å². The lowest BCUT2D eigenvalue weighted by atomic mass is 10.1. The van der Waals surface area contributed by atoms with Crippen LogP contribution in [0, 0.1) is 0 Å². The van der Waals surface area contributed by atoms with Gasteiger partial charge in [0, 0.05) is 12.6 Å². The van der Waals surface area contributed by atoms with Crippen molar-refractivity contribution in [3.05, 3.63) is 29.8 Å². The van der Waals surface area contributed by atoms with Crippen molar-refractivity contribution in [2.24, 2.45) is 0 Å². The quantitative estimate of drug-likeness (QED) is 0.862. The van der Waals surface area contributed by atoms with Crippen LogP contribution in [0.4, 0.5) is 0 Å². The van der Waals surface area contributed by atoms with Crippen LogP contribution in [0.5, 0.6) is 5.75 Å². The lowest BCUT2D eigenvalue weighted by Crippen LogP contribution is -2.43. The van der Waals surface area contributed by atoms with Crippen LogP contribution < -0.4 is 10.1 Å². The zero-order valence-electron chi connectivity index (χ0n) is 13.3. The average Bonchev–Trinajstić information content (AvgIpc) is 2.81. The van der Waals surface area contributed by atoms with Gasteiger partial charge in [-0.2, -0.15) is 0 Å². The molecule has 2 atom stereocenters. The summed E-state index contributed by atoms with van der Waals surface area (Å²) >= 11 is 0. The fraction of sp³-hybridized carbons (Fsp3) is 0.562. The molecule has 1 amide bonds. The molecular weight excluding hydrogens is 266 g/mol. The van der Waals surface area contributed by atoms with E-state index in [0.29, 0.717) is 13.2 Å². The number of rotatable bonds is 6. The Labute approximate surface area is 126 Å². The van der Waals surface area contributed by atoms with E-state index in [1.54, 1.807) is 0 Å². The number of hydrogen-bond donors (Lipinski definition) is 1. The molecule has 1 fully saturated rings. The van der Waals surface area contributed by atoms with Crippen LogP contribution >= 0.6 is 0 Å². The number of likely N-dealkylation sites (N-methyl/N-ethyl adjacent to an activating group) is 1. The van der Waals surface area contributed by atoms with Gasteiger partial charge in [0.15, 0.2) is 0 Å². The van der Waals surface area contributed by atoms with Gasteiger partial charge in [-0.05, 0) is 45.6 Å². The Hall–Kier alpha value is -1.59. The third kappa shape index (κ3) is 3.74. The van der Waals surface area contributed by atoms with E-state index in [0.717, 1.165) is 17.9 Å². The standard InChI is InChI=1S/C16H25N3O2/c1-5-21-14-8-6-13(7-9-14)16-17-10-15(20)19(16)12(2)11-18(3)4/h6-9,12,16-17H,5,10-11H2,1-4H3. The van der Waals surface area contributed by atoms with Crippen molar-refractivity contribution >= 4 is 5.91 Å². The molecule has 1 aliphatic heterocycles. The number of nitrogens with one attached hydrogen (secondary N) is 1. The van der Waals surface area contributed by atoms with Crippen LogP contribution in [0.2, 0.25) is 0 Å². The van der Waals surface area contributed by atoms with E-state index < -0.39 is 0 Å². The lowest BCUT2D eigenvalue weighted by molar-refractivity contribution is -0.130. The van der Waals surface area contributed by atoms with E-state index in [9.17, 15) is 4.79 Å². The molecule has 0 aliphatic carbocycles. The van der Waals surface area contributed by atoms with Crippen LogP contribution in [0.25, 0.3) is 0 Å². The summed E-state index contributed by atoms with van der Waals surface area (Å²) in [6.07, 6.45) is -0.0527. The molecule has 2 rings (SSSR count). The van der Waals surface area contributed by atoms with Crippen molar-refractivity contribution in [2.75, 3.05) is 33.8 Å². The van der Waals surface area contributed by atoms with Gasteiger partial charge in [-0.25, -0.2) is 0 Å². The number of nitrogens with zero attached hydrogens (tertiary/aromatic N) is 2. The molecule has 0 bridgehead atoms. The predicted octanol–water partition coefficient (Wildman–Crippen LogP) is 1.47. The molecule has 0 spiro atoms. The molecule has 0 radical (unpaired) electrons. The maximum atomic E-state index is 12.2. The van der Waals surface area contributed by atoms with E-state index in [-0.39, 0.29) is 18.1 Å². The summed E-state index contributed by atoms with van der Waals surface area (Å²) in [4.78, 5) is 16.2. The molecule has 1 aromatic carbocycles. The Morgan fingerprint density at radius 3 is 2.62 bits per heavy atom. The third-order valence-corrected chi connectivity index (χ3v) is 3.62. The predicted molar refractivity (Wildman–Crippen MR) is 83.2 cm³/mol. The number of benzene rings is 1. The van der Waals surface area contributed by atoms with Gasteiger partial charge in [-0.3, -0.25) is 10.1 Å². The molecule has 5 heteroatoms. The molecule has 116 valence electrons. The Morgan fingerprint density at radius 1 is 1.38 bits per heavy atom. The second kappa shape index (κ2) is 6.91. The zero-order chi connectivity index (χ0) is 15.4. The van der Waals surface area contributed by atoms with Gasteiger partial charge in [-0.1, -0.05) is 12.1 Å². The van der Waals surface area contributed by atoms with Gasteiger partial charge in [0.2, 0.25) is 5.91 Å². The van der Waals surface area contributed by atoms with Crippen molar-refractivity contribution in [2.45, 2.75) is 26.1 Å². The van der Waals surface area contributed by atoms with Crippen molar-refractivity contribution in [3.8, 4) is 5.75 Å². The Morgan fingerprint density at radius 2 is 2.05 bits per heavy atom. The number of ether oxygens (including phenoxy) is 1. The van der Waals surface area contributed by atoms with Crippen molar-refractivity contribution in [1.82, 2.24) is 15.1 Å². The van der Waals surface area contributed by atoms with E-state index in [4.69, 9.17) is 4.74 Å². The Balaban J connectivity index is 2.14. The van der Waals surface area contributed by atoms with Gasteiger partial charge >= 0.3 is 0 Å². The van der Waals surface area contributed by atoms with E-state index in [2.05, 4.69) is 17.1 Å². The van der Waals surface area contributed by atoms with E-state index in [1.165, 1.54) is 0 Å². The molecule has 1 aliphatic rings. The van der Waals surface area contributed by atoms with E-state index >= 15 is 0 Å². The van der Waals surface area contributed by atoms with Crippen LogP contribution in [-0.2, 0) is 4.79 Å². The second-order valence-electron chi connectivity index (χ2n) is 5.70. The minimum atomic E-state index is -0.0527. The molecule has 1 aromatic rings. The van der Waals surface area contributed by atoms with Gasteiger partial charge in [-0.15, -0.1) is 0 Å². The highest BCUT2D eigenvalue weighted by Gasteiger charge is 2.34. The first-order chi connectivity index (χ1) is 10.0. The molecule has 1 heterocycles. The first-order valence-corrected chi connectivity index (χ1v) is 7.45. The second-order valence-corrected chi connectivity index (χ2v) is 5.70. The minimum Gasteiger partial charge on any atom is -0.494 e. The molecule has 5 nitrogen and oxygen atoms in total. The fourth-order valence-electron chi connectivity index (χ4n) is 2.83. The smallest absolute Gasteiger partial charge is 0.238 e. The Bertz CT molecular complexity index is 473.